The highest BCUT2D eigenvalue weighted by Gasteiger charge is 1.97. The predicted molar refractivity (Wildman–Crippen MR) is 57.0 cm³/mol. The lowest BCUT2D eigenvalue weighted by Gasteiger charge is -2.05. The molecule has 0 radical (unpaired) electrons. The van der Waals surface area contributed by atoms with Crippen molar-refractivity contribution >= 4 is 46.4 Å². The molecule has 0 aromatic heterocycles. The average molecular weight is 225 g/mol. The maximum absolute atomic E-state index is 5.43. The second-order valence-corrected chi connectivity index (χ2v) is 4.63. The van der Waals surface area contributed by atoms with Crippen molar-refractivity contribution in [1.82, 2.24) is 0 Å². The predicted octanol–water partition coefficient (Wildman–Crippen LogP) is 1.82. The molecule has 6 heteroatoms. The molecule has 0 amide bonds. The van der Waals surface area contributed by atoms with E-state index in [1.54, 1.807) is 21.6 Å². The Morgan fingerprint density at radius 2 is 1.10 bits per heavy atom. The highest BCUT2D eigenvalue weighted by Crippen LogP contribution is 2.25. The summed E-state index contributed by atoms with van der Waals surface area (Å²) in [6, 6.07) is 0. The highest BCUT2D eigenvalue weighted by atomic mass is 35.5. The third-order valence-electron chi connectivity index (χ3n) is 0.359. The molecular weight excluding hydrogens is 211 g/mol. The Hall–Kier alpha value is 1.20. The van der Waals surface area contributed by atoms with Crippen molar-refractivity contribution < 1.29 is 0 Å². The van der Waals surface area contributed by atoms with Gasteiger partial charge in [-0.3, -0.25) is 0 Å². The zero-order chi connectivity index (χ0) is 6.57. The first-order valence-corrected chi connectivity index (χ1v) is 4.74. The van der Waals surface area contributed by atoms with Gasteiger partial charge >= 0.3 is 0 Å². The van der Waals surface area contributed by atoms with Gasteiger partial charge in [0, 0.05) is 0 Å². The van der Waals surface area contributed by atoms with Gasteiger partial charge in [-0.2, -0.15) is 0 Å². The minimum Gasteiger partial charge on any atom is -0.319 e. The van der Waals surface area contributed by atoms with Crippen molar-refractivity contribution in [3.05, 3.63) is 0 Å². The molecule has 0 rings (SSSR count). The molecule has 66 valence electrons. The van der Waals surface area contributed by atoms with Gasteiger partial charge in [-0.1, -0.05) is 21.6 Å². The minimum absolute atomic E-state index is 0. The van der Waals surface area contributed by atoms with Crippen molar-refractivity contribution in [2.45, 2.75) is 24.6 Å². The molecule has 0 aromatic carbocycles. The van der Waals surface area contributed by atoms with Gasteiger partial charge in [0.1, 0.15) is 0 Å². The van der Waals surface area contributed by atoms with Gasteiger partial charge in [0.05, 0.1) is 10.7 Å². The largest absolute Gasteiger partial charge is 0.319 e. The number of hydrogen-bond donors (Lipinski definition) is 2. The zero-order valence-electron chi connectivity index (χ0n) is 5.94. The molecule has 0 bridgehead atoms. The highest BCUT2D eigenvalue weighted by molar-refractivity contribution is 8.77. The van der Waals surface area contributed by atoms with E-state index in [-0.39, 0.29) is 35.6 Å². The molecule has 2 atom stereocenters. The van der Waals surface area contributed by atoms with Crippen LogP contribution in [0.2, 0.25) is 0 Å². The molecule has 4 N–H and O–H groups in total. The summed E-state index contributed by atoms with van der Waals surface area (Å²) < 4.78 is 0. The topological polar surface area (TPSA) is 52.0 Å². The van der Waals surface area contributed by atoms with E-state index in [4.69, 9.17) is 11.5 Å². The molecule has 0 fully saturated rings. The van der Waals surface area contributed by atoms with E-state index >= 15 is 0 Å². The zero-order valence-corrected chi connectivity index (χ0v) is 9.21. The maximum Gasteiger partial charge on any atom is 0.0583 e. The van der Waals surface area contributed by atoms with E-state index in [2.05, 4.69) is 0 Å². The van der Waals surface area contributed by atoms with Crippen LogP contribution in [0, 0.1) is 0 Å². The molecule has 0 heterocycles. The van der Waals surface area contributed by atoms with E-state index in [0.29, 0.717) is 0 Å². The SMILES string of the molecule is CC(N)SSC(C)N.Cl.Cl. The molecule has 10 heavy (non-hydrogen) atoms. The Labute approximate surface area is 82.5 Å². The van der Waals surface area contributed by atoms with Crippen LogP contribution < -0.4 is 11.5 Å². The normalized spacial score (nSPS) is 14.4. The van der Waals surface area contributed by atoms with Crippen molar-refractivity contribution in [1.29, 1.82) is 0 Å². The van der Waals surface area contributed by atoms with Crippen LogP contribution in [0.1, 0.15) is 13.8 Å². The summed E-state index contributed by atoms with van der Waals surface area (Å²) in [4.78, 5) is 0. The number of rotatable bonds is 3. The molecule has 0 aromatic rings. The number of nitrogens with two attached hydrogens (primary N) is 2. The third kappa shape index (κ3) is 16.1. The lowest BCUT2D eigenvalue weighted by molar-refractivity contribution is 1.04. The van der Waals surface area contributed by atoms with Crippen molar-refractivity contribution in [3.63, 3.8) is 0 Å². The first-order valence-electron chi connectivity index (χ1n) is 2.46. The average Bonchev–Trinajstić information content (AvgIpc) is 1.61. The van der Waals surface area contributed by atoms with Crippen LogP contribution >= 0.6 is 46.4 Å². The molecule has 0 aliphatic rings. The summed E-state index contributed by atoms with van der Waals surface area (Å²) in [6.45, 7) is 3.89. The van der Waals surface area contributed by atoms with E-state index < -0.39 is 0 Å². The van der Waals surface area contributed by atoms with Crippen LogP contribution in [0.3, 0.4) is 0 Å². The van der Waals surface area contributed by atoms with E-state index in [1.807, 2.05) is 13.8 Å². The molecular formula is C4H14Cl2N2S2. The van der Waals surface area contributed by atoms with Crippen LogP contribution in [-0.4, -0.2) is 10.7 Å². The van der Waals surface area contributed by atoms with E-state index in [1.165, 1.54) is 0 Å². The standard InChI is InChI=1S/C4H12N2S2.2ClH/c1-3(5)7-8-4(2)6;;/h3-4H,5-6H2,1-2H3;2*1H. The van der Waals surface area contributed by atoms with Crippen molar-refractivity contribution in [3.8, 4) is 0 Å². The number of halogens is 2. The Bertz CT molecular complexity index is 55.2. The van der Waals surface area contributed by atoms with Crippen LogP contribution in [0.25, 0.3) is 0 Å². The Balaban J connectivity index is -0.000000245. The quantitative estimate of drug-likeness (QED) is 0.568. The van der Waals surface area contributed by atoms with Gasteiger partial charge in [-0.25, -0.2) is 0 Å². The van der Waals surface area contributed by atoms with Gasteiger partial charge < -0.3 is 11.5 Å². The van der Waals surface area contributed by atoms with Gasteiger partial charge in [-0.15, -0.1) is 24.8 Å². The summed E-state index contributed by atoms with van der Waals surface area (Å²) in [7, 11) is 3.22. The second kappa shape index (κ2) is 10.2. The van der Waals surface area contributed by atoms with Gasteiger partial charge in [0.2, 0.25) is 0 Å². The smallest absolute Gasteiger partial charge is 0.0583 e. The summed E-state index contributed by atoms with van der Waals surface area (Å²) in [5, 5.41) is 0.372. The van der Waals surface area contributed by atoms with Crippen LogP contribution in [-0.2, 0) is 0 Å². The molecule has 2 unspecified atom stereocenters. The molecule has 0 spiro atoms. The maximum atomic E-state index is 5.43. The van der Waals surface area contributed by atoms with Crippen LogP contribution in [0.4, 0.5) is 0 Å². The Kier molecular flexibility index (Phi) is 17.7. The monoisotopic (exact) mass is 224 g/mol. The van der Waals surface area contributed by atoms with Crippen LogP contribution in [0.5, 0.6) is 0 Å². The van der Waals surface area contributed by atoms with Crippen molar-refractivity contribution in [2.24, 2.45) is 11.5 Å². The first-order chi connectivity index (χ1) is 3.63. The summed E-state index contributed by atoms with van der Waals surface area (Å²) in [5.74, 6) is 0. The summed E-state index contributed by atoms with van der Waals surface area (Å²) >= 11 is 0. The Morgan fingerprint density at radius 1 is 0.900 bits per heavy atom. The lowest BCUT2D eigenvalue weighted by Crippen LogP contribution is -2.12. The fourth-order valence-electron chi connectivity index (χ4n) is 0.175. The van der Waals surface area contributed by atoms with Crippen LogP contribution in [0.15, 0.2) is 0 Å². The molecule has 0 aliphatic carbocycles. The summed E-state index contributed by atoms with van der Waals surface area (Å²) in [6.07, 6.45) is 0. The fraction of sp³-hybridized carbons (Fsp3) is 1.00. The lowest BCUT2D eigenvalue weighted by atomic mass is 10.8. The molecule has 2 nitrogen and oxygen atoms in total. The second-order valence-electron chi connectivity index (χ2n) is 1.60. The number of hydrogen-bond acceptors (Lipinski definition) is 4. The molecule has 0 aliphatic heterocycles. The first kappa shape index (κ1) is 17.3. The third-order valence-corrected chi connectivity index (χ3v) is 3.23. The van der Waals surface area contributed by atoms with Gasteiger partial charge in [0.25, 0.3) is 0 Å². The van der Waals surface area contributed by atoms with Gasteiger partial charge in [0.15, 0.2) is 0 Å². The Morgan fingerprint density at radius 3 is 1.20 bits per heavy atom. The fourth-order valence-corrected chi connectivity index (χ4v) is 1.58. The van der Waals surface area contributed by atoms with Crippen molar-refractivity contribution in [2.75, 3.05) is 0 Å². The minimum atomic E-state index is 0. The molecule has 0 saturated heterocycles. The van der Waals surface area contributed by atoms with E-state index in [0.717, 1.165) is 0 Å². The summed E-state index contributed by atoms with van der Waals surface area (Å²) in [5.41, 5.74) is 10.9. The van der Waals surface area contributed by atoms with Gasteiger partial charge in [-0.05, 0) is 13.8 Å². The van der Waals surface area contributed by atoms with E-state index in [9.17, 15) is 0 Å². The molecule has 0 saturated carbocycles.